The second-order valence-electron chi connectivity index (χ2n) is 4.59. The molecule has 0 saturated heterocycles. The summed E-state index contributed by atoms with van der Waals surface area (Å²) in [6.45, 7) is 5.84. The number of aromatic amines is 1. The van der Waals surface area contributed by atoms with Crippen LogP contribution in [-0.2, 0) is 0 Å². The first-order valence-electron chi connectivity index (χ1n) is 6.36. The van der Waals surface area contributed by atoms with Crippen molar-refractivity contribution in [3.05, 3.63) is 47.0 Å². The quantitative estimate of drug-likeness (QED) is 0.884. The van der Waals surface area contributed by atoms with E-state index in [4.69, 9.17) is 0 Å². The van der Waals surface area contributed by atoms with Crippen LogP contribution in [0.15, 0.2) is 24.3 Å². The number of rotatable bonds is 4. The van der Waals surface area contributed by atoms with Gasteiger partial charge < -0.3 is 5.32 Å². The van der Waals surface area contributed by atoms with Crippen LogP contribution in [-0.4, -0.2) is 21.1 Å². The van der Waals surface area contributed by atoms with Gasteiger partial charge in [0.25, 0.3) is 5.91 Å². The minimum absolute atomic E-state index is 0.0214. The third kappa shape index (κ3) is 3.19. The SMILES string of the molecule is CCC(NC(=O)c1n[nH]c(C)n1)c1ccc(C)cc1. The molecule has 100 valence electrons. The van der Waals surface area contributed by atoms with Gasteiger partial charge in [0.05, 0.1) is 6.04 Å². The Kier molecular flexibility index (Phi) is 3.94. The van der Waals surface area contributed by atoms with Gasteiger partial charge in [0, 0.05) is 0 Å². The molecule has 2 rings (SSSR count). The summed E-state index contributed by atoms with van der Waals surface area (Å²) in [6.07, 6.45) is 0.818. The highest BCUT2D eigenvalue weighted by Gasteiger charge is 2.16. The molecule has 1 atom stereocenters. The van der Waals surface area contributed by atoms with Crippen molar-refractivity contribution in [2.45, 2.75) is 33.2 Å². The predicted molar refractivity (Wildman–Crippen MR) is 72.8 cm³/mol. The molecule has 5 nitrogen and oxygen atoms in total. The highest BCUT2D eigenvalue weighted by atomic mass is 16.2. The summed E-state index contributed by atoms with van der Waals surface area (Å²) >= 11 is 0. The van der Waals surface area contributed by atoms with Gasteiger partial charge in [-0.3, -0.25) is 9.89 Å². The standard InChI is InChI=1S/C14H18N4O/c1-4-12(11-7-5-9(2)6-8-11)16-14(19)13-15-10(3)17-18-13/h5-8,12H,4H2,1-3H3,(H,16,19)(H,15,17,18). The van der Waals surface area contributed by atoms with Gasteiger partial charge in [0.15, 0.2) is 0 Å². The van der Waals surface area contributed by atoms with E-state index in [-0.39, 0.29) is 17.8 Å². The van der Waals surface area contributed by atoms with Gasteiger partial charge in [-0.05, 0) is 25.8 Å². The number of carbonyl (C=O) groups is 1. The van der Waals surface area contributed by atoms with E-state index >= 15 is 0 Å². The average Bonchev–Trinajstić information content (AvgIpc) is 2.84. The van der Waals surface area contributed by atoms with E-state index in [1.54, 1.807) is 6.92 Å². The summed E-state index contributed by atoms with van der Waals surface area (Å²) in [5.74, 6) is 0.563. The predicted octanol–water partition coefficient (Wildman–Crippen LogP) is 2.30. The molecular weight excluding hydrogens is 240 g/mol. The fourth-order valence-electron chi connectivity index (χ4n) is 1.89. The molecule has 19 heavy (non-hydrogen) atoms. The monoisotopic (exact) mass is 258 g/mol. The molecule has 1 amide bonds. The van der Waals surface area contributed by atoms with Gasteiger partial charge >= 0.3 is 0 Å². The molecule has 5 heteroatoms. The number of nitrogens with zero attached hydrogens (tertiary/aromatic N) is 2. The van der Waals surface area contributed by atoms with Gasteiger partial charge in [0.1, 0.15) is 5.82 Å². The van der Waals surface area contributed by atoms with Gasteiger partial charge in [-0.2, -0.15) is 0 Å². The molecule has 0 aliphatic rings. The van der Waals surface area contributed by atoms with E-state index in [0.29, 0.717) is 5.82 Å². The molecule has 0 spiro atoms. The largest absolute Gasteiger partial charge is 0.342 e. The summed E-state index contributed by atoms with van der Waals surface area (Å²) in [6, 6.07) is 8.13. The fraction of sp³-hybridized carbons (Fsp3) is 0.357. The normalized spacial score (nSPS) is 12.2. The van der Waals surface area contributed by atoms with Crippen molar-refractivity contribution in [3.63, 3.8) is 0 Å². The zero-order valence-electron chi connectivity index (χ0n) is 11.4. The lowest BCUT2D eigenvalue weighted by molar-refractivity contribution is 0.0925. The van der Waals surface area contributed by atoms with Crippen LogP contribution in [0.5, 0.6) is 0 Å². The number of benzene rings is 1. The second kappa shape index (κ2) is 5.65. The first-order valence-corrected chi connectivity index (χ1v) is 6.36. The highest BCUT2D eigenvalue weighted by molar-refractivity contribution is 5.90. The van der Waals surface area contributed by atoms with Gasteiger partial charge in [-0.1, -0.05) is 36.8 Å². The first kappa shape index (κ1) is 13.3. The van der Waals surface area contributed by atoms with Crippen LogP contribution < -0.4 is 5.32 Å². The van der Waals surface area contributed by atoms with Crippen LogP contribution in [0.25, 0.3) is 0 Å². The number of amides is 1. The van der Waals surface area contributed by atoms with E-state index in [1.807, 2.05) is 38.1 Å². The molecule has 1 aromatic heterocycles. The minimum atomic E-state index is -0.253. The number of carbonyl (C=O) groups excluding carboxylic acids is 1. The van der Waals surface area contributed by atoms with Crippen molar-refractivity contribution in [1.29, 1.82) is 0 Å². The maximum atomic E-state index is 12.0. The maximum absolute atomic E-state index is 12.0. The van der Waals surface area contributed by atoms with Crippen molar-refractivity contribution in [2.24, 2.45) is 0 Å². The smallest absolute Gasteiger partial charge is 0.291 e. The maximum Gasteiger partial charge on any atom is 0.291 e. The van der Waals surface area contributed by atoms with Crippen molar-refractivity contribution >= 4 is 5.91 Å². The van der Waals surface area contributed by atoms with E-state index < -0.39 is 0 Å². The lowest BCUT2D eigenvalue weighted by atomic mass is 10.0. The molecule has 1 heterocycles. The Labute approximate surface area is 112 Å². The van der Waals surface area contributed by atoms with Gasteiger partial charge in [-0.25, -0.2) is 4.98 Å². The van der Waals surface area contributed by atoms with Gasteiger partial charge in [-0.15, -0.1) is 5.10 Å². The average molecular weight is 258 g/mol. The van der Waals surface area contributed by atoms with Crippen LogP contribution in [0.4, 0.5) is 0 Å². The highest BCUT2D eigenvalue weighted by Crippen LogP contribution is 2.17. The van der Waals surface area contributed by atoms with Crippen LogP contribution in [0.2, 0.25) is 0 Å². The molecule has 2 N–H and O–H groups in total. The Morgan fingerprint density at radius 1 is 1.32 bits per heavy atom. The van der Waals surface area contributed by atoms with E-state index in [2.05, 4.69) is 20.5 Å². The number of H-pyrrole nitrogens is 1. The minimum Gasteiger partial charge on any atom is -0.342 e. The Hall–Kier alpha value is -2.17. The topological polar surface area (TPSA) is 70.7 Å². The zero-order chi connectivity index (χ0) is 13.8. The van der Waals surface area contributed by atoms with Crippen molar-refractivity contribution in [2.75, 3.05) is 0 Å². The Morgan fingerprint density at radius 3 is 2.53 bits per heavy atom. The third-order valence-corrected chi connectivity index (χ3v) is 2.99. The van der Waals surface area contributed by atoms with Gasteiger partial charge in [0.2, 0.25) is 5.82 Å². The van der Waals surface area contributed by atoms with Crippen LogP contribution in [0.3, 0.4) is 0 Å². The summed E-state index contributed by atoms with van der Waals surface area (Å²) in [5, 5.41) is 9.48. The summed E-state index contributed by atoms with van der Waals surface area (Å²) in [4.78, 5) is 16.0. The van der Waals surface area contributed by atoms with Crippen molar-refractivity contribution < 1.29 is 4.79 Å². The molecule has 0 fully saturated rings. The molecule has 0 radical (unpaired) electrons. The number of hydrogen-bond acceptors (Lipinski definition) is 3. The van der Waals surface area contributed by atoms with E-state index in [9.17, 15) is 4.79 Å². The molecular formula is C14H18N4O. The van der Waals surface area contributed by atoms with Crippen LogP contribution in [0.1, 0.15) is 47.0 Å². The van der Waals surface area contributed by atoms with Crippen LogP contribution >= 0.6 is 0 Å². The second-order valence-corrected chi connectivity index (χ2v) is 4.59. The van der Waals surface area contributed by atoms with Crippen molar-refractivity contribution in [1.82, 2.24) is 20.5 Å². The molecule has 2 aromatic rings. The summed E-state index contributed by atoms with van der Waals surface area (Å²) in [7, 11) is 0. The fourth-order valence-corrected chi connectivity index (χ4v) is 1.89. The Balaban J connectivity index is 2.11. The molecule has 1 unspecified atom stereocenters. The Morgan fingerprint density at radius 2 is 2.00 bits per heavy atom. The lowest BCUT2D eigenvalue weighted by Crippen LogP contribution is -2.29. The van der Waals surface area contributed by atoms with Crippen molar-refractivity contribution in [3.8, 4) is 0 Å². The van der Waals surface area contributed by atoms with Crippen LogP contribution in [0, 0.1) is 13.8 Å². The number of aryl methyl sites for hydroxylation is 2. The molecule has 0 bridgehead atoms. The zero-order valence-corrected chi connectivity index (χ0v) is 11.4. The summed E-state index contributed by atoms with van der Waals surface area (Å²) < 4.78 is 0. The third-order valence-electron chi connectivity index (χ3n) is 2.99. The molecule has 1 aromatic carbocycles. The van der Waals surface area contributed by atoms with E-state index in [0.717, 1.165) is 12.0 Å². The number of aromatic nitrogens is 3. The first-order chi connectivity index (χ1) is 9.10. The molecule has 0 aliphatic heterocycles. The molecule has 0 saturated carbocycles. The molecule has 0 aliphatic carbocycles. The summed E-state index contributed by atoms with van der Waals surface area (Å²) in [5.41, 5.74) is 2.29. The number of nitrogens with one attached hydrogen (secondary N) is 2. The lowest BCUT2D eigenvalue weighted by Gasteiger charge is -2.16. The van der Waals surface area contributed by atoms with E-state index in [1.165, 1.54) is 5.56 Å². The Bertz CT molecular complexity index is 559. The number of hydrogen-bond donors (Lipinski definition) is 2.